The highest BCUT2D eigenvalue weighted by molar-refractivity contribution is 6.21. The monoisotopic (exact) mass is 498 g/mol. The highest BCUT2D eigenvalue weighted by atomic mass is 15.3. The van der Waals surface area contributed by atoms with Crippen molar-refractivity contribution in [1.29, 1.82) is 0 Å². The first-order valence-corrected chi connectivity index (χ1v) is 13.5. The van der Waals surface area contributed by atoms with Gasteiger partial charge in [-0.25, -0.2) is 0 Å². The maximum atomic E-state index is 3.62. The van der Waals surface area contributed by atoms with E-state index >= 15 is 0 Å². The summed E-state index contributed by atoms with van der Waals surface area (Å²) in [6.07, 6.45) is 10.8. The van der Waals surface area contributed by atoms with Gasteiger partial charge in [0.1, 0.15) is 6.17 Å². The molecular formula is C37H26N2. The van der Waals surface area contributed by atoms with Gasteiger partial charge in [-0.1, -0.05) is 109 Å². The summed E-state index contributed by atoms with van der Waals surface area (Å²) >= 11 is 0. The summed E-state index contributed by atoms with van der Waals surface area (Å²) in [4.78, 5) is 2.21. The minimum atomic E-state index is 0.198. The Hall–Kier alpha value is -5.08. The van der Waals surface area contributed by atoms with Gasteiger partial charge in [0.15, 0.2) is 0 Å². The van der Waals surface area contributed by atoms with Crippen molar-refractivity contribution >= 4 is 38.0 Å². The van der Waals surface area contributed by atoms with Crippen molar-refractivity contribution in [2.45, 2.75) is 6.17 Å². The second-order valence-electron chi connectivity index (χ2n) is 10.3. The molecule has 6 aromatic carbocycles. The van der Waals surface area contributed by atoms with E-state index in [0.29, 0.717) is 0 Å². The van der Waals surface area contributed by atoms with Crippen molar-refractivity contribution in [2.24, 2.45) is 0 Å². The summed E-state index contributed by atoms with van der Waals surface area (Å²) in [7, 11) is 0. The second kappa shape index (κ2) is 8.75. The van der Waals surface area contributed by atoms with Crippen LogP contribution in [0.3, 0.4) is 0 Å². The van der Waals surface area contributed by atoms with Gasteiger partial charge < -0.3 is 10.2 Å². The van der Waals surface area contributed by atoms with Gasteiger partial charge in [-0.2, -0.15) is 0 Å². The van der Waals surface area contributed by atoms with Crippen LogP contribution < -0.4 is 5.32 Å². The molecule has 0 fully saturated rings. The van der Waals surface area contributed by atoms with E-state index in [2.05, 4.69) is 156 Å². The van der Waals surface area contributed by atoms with E-state index in [1.165, 1.54) is 60.1 Å². The van der Waals surface area contributed by atoms with E-state index < -0.39 is 0 Å². The van der Waals surface area contributed by atoms with Crippen molar-refractivity contribution in [2.75, 3.05) is 0 Å². The molecule has 1 N–H and O–H groups in total. The minimum absolute atomic E-state index is 0.198. The topological polar surface area (TPSA) is 15.3 Å². The van der Waals surface area contributed by atoms with Gasteiger partial charge in [0.25, 0.3) is 0 Å². The molecule has 0 radical (unpaired) electrons. The van der Waals surface area contributed by atoms with Crippen LogP contribution >= 0.6 is 0 Å². The number of benzene rings is 6. The average Bonchev–Trinajstić information content (AvgIpc) is 3.44. The summed E-state index contributed by atoms with van der Waals surface area (Å²) in [6, 6.07) is 42.1. The fourth-order valence-electron chi connectivity index (χ4n) is 6.18. The third kappa shape index (κ3) is 3.57. The maximum Gasteiger partial charge on any atom is 0.122 e. The molecule has 2 aliphatic rings. The molecule has 0 spiro atoms. The average molecular weight is 499 g/mol. The van der Waals surface area contributed by atoms with Gasteiger partial charge in [-0.3, -0.25) is 0 Å². The van der Waals surface area contributed by atoms with Crippen LogP contribution in [0.2, 0.25) is 0 Å². The Kier molecular flexibility index (Phi) is 4.92. The summed E-state index contributed by atoms with van der Waals surface area (Å²) in [5.74, 6) is 0. The van der Waals surface area contributed by atoms with Crippen LogP contribution in [0.1, 0.15) is 5.56 Å². The number of rotatable bonds is 3. The van der Waals surface area contributed by atoms with Crippen LogP contribution in [-0.2, 0) is 0 Å². The second-order valence-corrected chi connectivity index (χ2v) is 10.3. The summed E-state index contributed by atoms with van der Waals surface area (Å²) in [5.41, 5.74) is 7.44. The van der Waals surface area contributed by atoms with Crippen molar-refractivity contribution in [3.05, 3.63) is 151 Å². The normalized spacial score (nSPS) is 16.1. The van der Waals surface area contributed by atoms with Crippen LogP contribution in [0.25, 0.3) is 60.3 Å². The van der Waals surface area contributed by atoms with E-state index in [0.717, 1.165) is 5.70 Å². The third-order valence-corrected chi connectivity index (χ3v) is 8.00. The van der Waals surface area contributed by atoms with Crippen LogP contribution in [-0.4, -0.2) is 11.1 Å². The van der Waals surface area contributed by atoms with Crippen LogP contribution in [0, 0.1) is 0 Å². The predicted octanol–water partition coefficient (Wildman–Crippen LogP) is 9.09. The molecule has 0 bridgehead atoms. The van der Waals surface area contributed by atoms with Crippen molar-refractivity contribution in [3.8, 4) is 22.3 Å². The van der Waals surface area contributed by atoms with Crippen molar-refractivity contribution in [1.82, 2.24) is 10.2 Å². The lowest BCUT2D eigenvalue weighted by atomic mass is 9.85. The molecule has 39 heavy (non-hydrogen) atoms. The zero-order valence-electron chi connectivity index (χ0n) is 21.4. The molecule has 2 nitrogen and oxygen atoms in total. The number of hydrogen-bond acceptors (Lipinski definition) is 2. The molecule has 184 valence electrons. The largest absolute Gasteiger partial charge is 0.360 e. The molecular weight excluding hydrogens is 472 g/mol. The molecule has 2 heterocycles. The molecule has 0 saturated carbocycles. The lowest BCUT2D eigenvalue weighted by molar-refractivity contribution is 0.427. The summed E-state index contributed by atoms with van der Waals surface area (Å²) in [6.45, 7) is 0. The Morgan fingerprint density at radius 2 is 1.08 bits per heavy atom. The Morgan fingerprint density at radius 3 is 1.72 bits per heavy atom. The summed E-state index contributed by atoms with van der Waals surface area (Å²) < 4.78 is 0. The molecule has 6 aromatic rings. The van der Waals surface area contributed by atoms with E-state index in [-0.39, 0.29) is 6.17 Å². The Bertz CT molecular complexity index is 1940. The van der Waals surface area contributed by atoms with Gasteiger partial charge in [0.2, 0.25) is 0 Å². The van der Waals surface area contributed by atoms with Crippen molar-refractivity contribution < 1.29 is 0 Å². The molecule has 2 heteroatoms. The van der Waals surface area contributed by atoms with Gasteiger partial charge in [0, 0.05) is 12.4 Å². The number of allylic oxidation sites excluding steroid dienone is 2. The molecule has 0 aliphatic carbocycles. The first-order chi connectivity index (χ1) is 19.3. The third-order valence-electron chi connectivity index (χ3n) is 8.00. The van der Waals surface area contributed by atoms with Gasteiger partial charge in [-0.05, 0) is 84.4 Å². The quantitative estimate of drug-likeness (QED) is 0.245. The number of fused-ring (bicyclic) bond motifs is 4. The molecule has 8 rings (SSSR count). The molecule has 1 unspecified atom stereocenters. The smallest absolute Gasteiger partial charge is 0.122 e. The number of hydrogen-bond donors (Lipinski definition) is 1. The molecule has 2 aliphatic heterocycles. The Balaban J connectivity index is 1.30. The molecule has 1 atom stereocenters. The fraction of sp³-hybridized carbons (Fsp3) is 0.0270. The van der Waals surface area contributed by atoms with E-state index in [1.54, 1.807) is 0 Å². The molecule has 0 amide bonds. The predicted molar refractivity (Wildman–Crippen MR) is 165 cm³/mol. The lowest BCUT2D eigenvalue weighted by Crippen LogP contribution is -2.31. The summed E-state index contributed by atoms with van der Waals surface area (Å²) in [5, 5.41) is 11.2. The standard InChI is InChI=1S/C37H26N2/c1-2-10-25(11-3-1)36-30-12-4-6-14-32(30)37(33-15-7-5-13-31(33)36)29-20-18-26-22-28(19-17-27(26)23-29)34-24-39-21-9-8-16-35(39)38-34/h1-24,35,38H. The van der Waals surface area contributed by atoms with Crippen molar-refractivity contribution in [3.63, 3.8) is 0 Å². The zero-order valence-corrected chi connectivity index (χ0v) is 21.4. The minimum Gasteiger partial charge on any atom is -0.360 e. The number of nitrogens with one attached hydrogen (secondary N) is 1. The van der Waals surface area contributed by atoms with Crippen LogP contribution in [0.5, 0.6) is 0 Å². The van der Waals surface area contributed by atoms with Crippen LogP contribution in [0.4, 0.5) is 0 Å². The lowest BCUT2D eigenvalue weighted by Gasteiger charge is -2.20. The molecule has 0 saturated heterocycles. The van der Waals surface area contributed by atoms with Gasteiger partial charge in [0.05, 0.1) is 5.70 Å². The van der Waals surface area contributed by atoms with Crippen LogP contribution in [0.15, 0.2) is 146 Å². The number of nitrogens with zero attached hydrogens (tertiary/aromatic N) is 1. The van der Waals surface area contributed by atoms with Gasteiger partial charge >= 0.3 is 0 Å². The Labute approximate surface area is 227 Å². The highest BCUT2D eigenvalue weighted by Gasteiger charge is 2.22. The molecule has 0 aromatic heterocycles. The SMILES string of the molecule is C1=CC2NC(c3ccc4cc(-c5c6ccccc6c(-c6ccccc6)c6ccccc56)ccc4c3)=CN2C=C1. The van der Waals surface area contributed by atoms with E-state index in [1.807, 2.05) is 0 Å². The van der Waals surface area contributed by atoms with E-state index in [9.17, 15) is 0 Å². The fourth-order valence-corrected chi connectivity index (χ4v) is 6.18. The van der Waals surface area contributed by atoms with E-state index in [4.69, 9.17) is 0 Å². The zero-order chi connectivity index (χ0) is 25.8. The van der Waals surface area contributed by atoms with Gasteiger partial charge in [-0.15, -0.1) is 0 Å². The maximum absolute atomic E-state index is 3.62. The highest BCUT2D eigenvalue weighted by Crippen LogP contribution is 2.44. The first kappa shape index (κ1) is 22.0. The first-order valence-electron chi connectivity index (χ1n) is 13.5. The Morgan fingerprint density at radius 1 is 0.513 bits per heavy atom.